The maximum absolute atomic E-state index is 14.4. The fraction of sp³-hybridized carbons (Fsp3) is 0.586. The molecule has 15 heteroatoms. The zero-order chi connectivity index (χ0) is 31.4. The number of nitrogens with two attached hydrogens (primary N) is 1. The molecule has 2 aliphatic rings. The summed E-state index contributed by atoms with van der Waals surface area (Å²) >= 11 is 0. The number of benzene rings is 1. The molecular weight excluding hydrogens is 591 g/mol. The van der Waals surface area contributed by atoms with Gasteiger partial charge in [0.1, 0.15) is 48.1 Å². The lowest BCUT2D eigenvalue weighted by molar-refractivity contribution is -0.153. The van der Waals surface area contributed by atoms with Crippen LogP contribution in [0.1, 0.15) is 65.5 Å². The van der Waals surface area contributed by atoms with Gasteiger partial charge in [0.15, 0.2) is 17.7 Å². The molecule has 1 saturated heterocycles. The second kappa shape index (κ2) is 13.9. The van der Waals surface area contributed by atoms with Gasteiger partial charge in [-0.25, -0.2) is 19.5 Å². The van der Waals surface area contributed by atoms with Gasteiger partial charge < -0.3 is 29.9 Å². The van der Waals surface area contributed by atoms with Gasteiger partial charge in [0.25, 0.3) is 0 Å². The summed E-state index contributed by atoms with van der Waals surface area (Å²) in [7, 11) is -4.32. The number of para-hydroxylation sites is 1. The lowest BCUT2D eigenvalue weighted by atomic mass is 9.97. The number of hydrogen-bond donors (Lipinski definition) is 4. The highest BCUT2D eigenvalue weighted by atomic mass is 31.2. The van der Waals surface area contributed by atoms with Gasteiger partial charge in [-0.2, -0.15) is 5.09 Å². The van der Waals surface area contributed by atoms with E-state index >= 15 is 0 Å². The minimum atomic E-state index is -4.32. The van der Waals surface area contributed by atoms with Crippen molar-refractivity contribution in [3.63, 3.8) is 0 Å². The molecule has 5 N–H and O–H groups in total. The third-order valence-electron chi connectivity index (χ3n) is 7.81. The molecule has 3 heterocycles. The SMILES string of the molecule is CC(C)CC(NP(=O)(Oc1ccccc1)OC(C)[C@H]1O[C@@H](n2cnc3c(N)ncnc32)[C@H](O)[C@@H]1O)C(=O)OC1CCCCC1. The number of aromatic nitrogens is 4. The number of ether oxygens (including phenoxy) is 2. The van der Waals surface area contributed by atoms with Gasteiger partial charge in [-0.15, -0.1) is 0 Å². The summed E-state index contributed by atoms with van der Waals surface area (Å²) in [5.74, 6) is -0.0853. The smallest absolute Gasteiger partial charge is 0.459 e. The summed E-state index contributed by atoms with van der Waals surface area (Å²) in [5, 5.41) is 24.8. The second-order valence-electron chi connectivity index (χ2n) is 11.8. The zero-order valence-corrected chi connectivity index (χ0v) is 26.0. The Morgan fingerprint density at radius 2 is 1.84 bits per heavy atom. The first-order chi connectivity index (χ1) is 21.0. The van der Waals surface area contributed by atoms with Crippen molar-refractivity contribution in [2.24, 2.45) is 5.92 Å². The highest BCUT2D eigenvalue weighted by Gasteiger charge is 2.49. The molecule has 0 amide bonds. The molecule has 14 nitrogen and oxygen atoms in total. The van der Waals surface area contributed by atoms with Crippen molar-refractivity contribution in [2.45, 2.75) is 102 Å². The van der Waals surface area contributed by atoms with E-state index in [1.165, 1.54) is 24.1 Å². The predicted octanol–water partition coefficient (Wildman–Crippen LogP) is 3.50. The van der Waals surface area contributed by atoms with E-state index in [-0.39, 0.29) is 23.6 Å². The maximum Gasteiger partial charge on any atom is 0.459 e. The Balaban J connectivity index is 1.37. The Hall–Kier alpha value is -3.13. The minimum Gasteiger partial charge on any atom is -0.461 e. The van der Waals surface area contributed by atoms with Gasteiger partial charge in [0.2, 0.25) is 0 Å². The van der Waals surface area contributed by atoms with Crippen LogP contribution in [-0.2, 0) is 23.4 Å². The van der Waals surface area contributed by atoms with Crippen molar-refractivity contribution in [1.82, 2.24) is 24.6 Å². The first-order valence-electron chi connectivity index (χ1n) is 15.0. The molecule has 2 aromatic heterocycles. The van der Waals surface area contributed by atoms with Crippen LogP contribution in [0.25, 0.3) is 11.2 Å². The Labute approximate surface area is 255 Å². The van der Waals surface area contributed by atoms with E-state index in [0.717, 1.165) is 32.1 Å². The number of imidazole rings is 1. The zero-order valence-electron chi connectivity index (χ0n) is 25.1. The standard InChI is InChI=1S/C29H41N6O8P/c1-17(2)14-21(29(38)40-19-10-6-4-7-11-19)34-44(39,43-20-12-8-5-9-13-20)42-18(3)25-23(36)24(37)28(41-25)35-16-33-22-26(30)31-15-32-27(22)35/h5,8-9,12-13,15-19,21,23-25,28,36-37H,4,6-7,10-11,14H2,1-3H3,(H,34,39)(H2,30,31,32)/t18?,21?,23-,24+,25+,28+,44?/m0/s1. The Bertz CT molecular complexity index is 1450. The van der Waals surface area contributed by atoms with Crippen LogP contribution < -0.4 is 15.3 Å². The topological polar surface area (TPSA) is 193 Å². The number of carbonyl (C=O) groups is 1. The highest BCUT2D eigenvalue weighted by molar-refractivity contribution is 7.52. The lowest BCUT2D eigenvalue weighted by Crippen LogP contribution is -2.43. The molecule has 3 unspecified atom stereocenters. The van der Waals surface area contributed by atoms with Crippen LogP contribution in [0.3, 0.4) is 0 Å². The molecule has 240 valence electrons. The number of rotatable bonds is 12. The highest BCUT2D eigenvalue weighted by Crippen LogP contribution is 2.48. The molecule has 44 heavy (non-hydrogen) atoms. The second-order valence-corrected chi connectivity index (χ2v) is 13.4. The molecule has 0 spiro atoms. The molecule has 1 saturated carbocycles. The summed E-state index contributed by atoms with van der Waals surface area (Å²) in [6.45, 7) is 5.42. The summed E-state index contributed by atoms with van der Waals surface area (Å²) < 4.78 is 39.7. The molecule has 0 bridgehead atoms. The van der Waals surface area contributed by atoms with Crippen LogP contribution >= 0.6 is 7.75 Å². The van der Waals surface area contributed by atoms with Crippen LogP contribution in [0.5, 0.6) is 5.75 Å². The number of nitrogen functional groups attached to an aromatic ring is 1. The molecule has 0 radical (unpaired) electrons. The fourth-order valence-corrected chi connectivity index (χ4v) is 7.34. The number of hydrogen-bond acceptors (Lipinski definition) is 12. The largest absolute Gasteiger partial charge is 0.461 e. The van der Waals surface area contributed by atoms with Crippen LogP contribution in [0.4, 0.5) is 5.82 Å². The molecule has 7 atom stereocenters. The first kappa shape index (κ1) is 32.3. The summed E-state index contributed by atoms with van der Waals surface area (Å²) in [6.07, 6.45) is 1.21. The Morgan fingerprint density at radius 1 is 1.11 bits per heavy atom. The van der Waals surface area contributed by atoms with Gasteiger partial charge in [-0.1, -0.05) is 38.5 Å². The normalized spacial score (nSPS) is 25.5. The van der Waals surface area contributed by atoms with E-state index in [1.54, 1.807) is 30.3 Å². The minimum absolute atomic E-state index is 0.0488. The van der Waals surface area contributed by atoms with Crippen molar-refractivity contribution in [1.29, 1.82) is 0 Å². The van der Waals surface area contributed by atoms with Crippen LogP contribution in [0.15, 0.2) is 43.0 Å². The number of anilines is 1. The Kier molecular flexibility index (Phi) is 10.2. The molecule has 1 aromatic carbocycles. The van der Waals surface area contributed by atoms with Crippen molar-refractivity contribution in [2.75, 3.05) is 5.73 Å². The van der Waals surface area contributed by atoms with Gasteiger partial charge >= 0.3 is 13.7 Å². The monoisotopic (exact) mass is 632 g/mol. The average molecular weight is 633 g/mol. The third-order valence-corrected chi connectivity index (χ3v) is 9.50. The molecule has 5 rings (SSSR count). The fourth-order valence-electron chi connectivity index (χ4n) is 5.63. The van der Waals surface area contributed by atoms with Crippen molar-refractivity contribution < 1.29 is 38.1 Å². The van der Waals surface area contributed by atoms with E-state index in [1.807, 2.05) is 13.8 Å². The van der Waals surface area contributed by atoms with Crippen LogP contribution in [-0.4, -0.2) is 72.3 Å². The summed E-state index contributed by atoms with van der Waals surface area (Å²) in [5.41, 5.74) is 6.51. The molecule has 1 aliphatic carbocycles. The van der Waals surface area contributed by atoms with Crippen molar-refractivity contribution >= 4 is 30.7 Å². The molecule has 2 fully saturated rings. The van der Waals surface area contributed by atoms with Crippen LogP contribution in [0, 0.1) is 5.92 Å². The third kappa shape index (κ3) is 7.39. The number of aliphatic hydroxyl groups is 2. The Morgan fingerprint density at radius 3 is 2.55 bits per heavy atom. The molecule has 1 aliphatic heterocycles. The predicted molar refractivity (Wildman–Crippen MR) is 160 cm³/mol. The number of nitrogens with zero attached hydrogens (tertiary/aromatic N) is 4. The van der Waals surface area contributed by atoms with Crippen molar-refractivity contribution in [3.05, 3.63) is 43.0 Å². The molecule has 3 aromatic rings. The van der Waals surface area contributed by atoms with E-state index in [4.69, 9.17) is 24.3 Å². The van der Waals surface area contributed by atoms with Gasteiger partial charge in [-0.3, -0.25) is 13.9 Å². The number of nitrogens with one attached hydrogen (secondary N) is 1. The van der Waals surface area contributed by atoms with Crippen molar-refractivity contribution in [3.8, 4) is 5.75 Å². The number of carbonyl (C=O) groups excluding carboxylic acids is 1. The number of esters is 1. The van der Waals surface area contributed by atoms with E-state index in [9.17, 15) is 19.6 Å². The first-order valence-corrected chi connectivity index (χ1v) is 16.5. The summed E-state index contributed by atoms with van der Waals surface area (Å²) in [6, 6.07) is 7.43. The van der Waals surface area contributed by atoms with Gasteiger partial charge in [0.05, 0.1) is 12.4 Å². The summed E-state index contributed by atoms with van der Waals surface area (Å²) in [4.78, 5) is 25.7. The average Bonchev–Trinajstić information content (AvgIpc) is 3.54. The van der Waals surface area contributed by atoms with Gasteiger partial charge in [0, 0.05) is 0 Å². The number of fused-ring (bicyclic) bond motifs is 1. The molecular formula is C29H41N6O8P. The quantitative estimate of drug-likeness (QED) is 0.168. The lowest BCUT2D eigenvalue weighted by Gasteiger charge is -2.31. The van der Waals surface area contributed by atoms with Gasteiger partial charge in [-0.05, 0) is 57.1 Å². The van der Waals surface area contributed by atoms with E-state index in [2.05, 4.69) is 20.0 Å². The number of aliphatic hydroxyl groups excluding tert-OH is 2. The maximum atomic E-state index is 14.4. The van der Waals surface area contributed by atoms with E-state index in [0.29, 0.717) is 17.6 Å². The van der Waals surface area contributed by atoms with Crippen LogP contribution in [0.2, 0.25) is 0 Å². The van der Waals surface area contributed by atoms with E-state index < -0.39 is 50.4 Å².